The summed E-state index contributed by atoms with van der Waals surface area (Å²) in [5.74, 6) is 0.642. The Labute approximate surface area is 139 Å². The number of rotatable bonds is 3. The highest BCUT2D eigenvalue weighted by Crippen LogP contribution is 2.37. The Hall–Kier alpha value is -3.07. The van der Waals surface area contributed by atoms with E-state index in [-0.39, 0.29) is 12.4 Å². The molecule has 2 aromatic rings. The van der Waals surface area contributed by atoms with E-state index in [1.807, 2.05) is 44.2 Å². The molecule has 0 amide bonds. The molecule has 3 rings (SSSR count). The summed E-state index contributed by atoms with van der Waals surface area (Å²) < 4.78 is 5.78. The van der Waals surface area contributed by atoms with Crippen molar-refractivity contribution in [1.29, 1.82) is 5.26 Å². The molecule has 1 aliphatic heterocycles. The highest BCUT2D eigenvalue weighted by molar-refractivity contribution is 5.69. The van der Waals surface area contributed by atoms with Crippen molar-refractivity contribution in [1.82, 2.24) is 4.98 Å². The van der Waals surface area contributed by atoms with Gasteiger partial charge in [-0.1, -0.05) is 18.2 Å². The number of azide groups is 1. The summed E-state index contributed by atoms with van der Waals surface area (Å²) in [6.45, 7) is 4.20. The van der Waals surface area contributed by atoms with Crippen LogP contribution in [0.4, 0.5) is 17.3 Å². The highest BCUT2D eigenvalue weighted by atomic mass is 16.5. The van der Waals surface area contributed by atoms with Gasteiger partial charge in [-0.25, -0.2) is 4.98 Å². The number of hydrogen-bond donors (Lipinski definition) is 1. The molecule has 1 aliphatic rings. The topological polar surface area (TPSA) is 107 Å². The van der Waals surface area contributed by atoms with E-state index in [0.29, 0.717) is 23.4 Å². The average Bonchev–Trinajstić information content (AvgIpc) is 2.55. The molecular weight excluding hydrogens is 304 g/mol. The van der Waals surface area contributed by atoms with Crippen molar-refractivity contribution in [3.63, 3.8) is 0 Å². The predicted molar refractivity (Wildman–Crippen MR) is 90.1 cm³/mol. The standard InChI is InChI=1S/C17H16N6O/c1-17(2)8-12-13(9-18)15(20-11-6-4-3-5-7-11)21-16(22-23-19)14(12)10-24-17/h3-7H,8,10H2,1-2H3,(H,20,21). The maximum atomic E-state index is 9.67. The zero-order valence-corrected chi connectivity index (χ0v) is 13.4. The Bertz CT molecular complexity index is 863. The van der Waals surface area contributed by atoms with E-state index in [0.717, 1.165) is 11.3 Å². The molecule has 0 saturated heterocycles. The summed E-state index contributed by atoms with van der Waals surface area (Å²) in [4.78, 5) is 7.21. The molecule has 0 fully saturated rings. The van der Waals surface area contributed by atoms with Crippen LogP contribution in [0.5, 0.6) is 0 Å². The monoisotopic (exact) mass is 320 g/mol. The minimum absolute atomic E-state index is 0.250. The molecule has 0 bridgehead atoms. The Morgan fingerprint density at radius 3 is 2.75 bits per heavy atom. The van der Waals surface area contributed by atoms with Gasteiger partial charge in [0.05, 0.1) is 17.8 Å². The zero-order valence-electron chi connectivity index (χ0n) is 13.4. The van der Waals surface area contributed by atoms with Gasteiger partial charge in [0.15, 0.2) is 0 Å². The number of nitriles is 1. The maximum Gasteiger partial charge on any atom is 0.149 e. The third-order valence-electron chi connectivity index (χ3n) is 3.89. The van der Waals surface area contributed by atoms with Crippen LogP contribution in [0, 0.1) is 11.3 Å². The van der Waals surface area contributed by atoms with Crippen LogP contribution in [0.2, 0.25) is 0 Å². The largest absolute Gasteiger partial charge is 0.370 e. The average molecular weight is 320 g/mol. The van der Waals surface area contributed by atoms with E-state index in [1.165, 1.54) is 0 Å². The van der Waals surface area contributed by atoms with E-state index in [9.17, 15) is 5.26 Å². The highest BCUT2D eigenvalue weighted by Gasteiger charge is 2.31. The van der Waals surface area contributed by atoms with Crippen LogP contribution < -0.4 is 5.32 Å². The van der Waals surface area contributed by atoms with Crippen LogP contribution in [-0.4, -0.2) is 10.6 Å². The van der Waals surface area contributed by atoms with Gasteiger partial charge in [0.25, 0.3) is 0 Å². The lowest BCUT2D eigenvalue weighted by molar-refractivity contribution is -0.0399. The third-order valence-corrected chi connectivity index (χ3v) is 3.89. The van der Waals surface area contributed by atoms with Gasteiger partial charge in [0, 0.05) is 22.6 Å². The van der Waals surface area contributed by atoms with Crippen LogP contribution >= 0.6 is 0 Å². The Morgan fingerprint density at radius 1 is 1.33 bits per heavy atom. The van der Waals surface area contributed by atoms with Gasteiger partial charge < -0.3 is 10.1 Å². The first kappa shape index (κ1) is 15.8. The van der Waals surface area contributed by atoms with Crippen LogP contribution in [-0.2, 0) is 17.8 Å². The van der Waals surface area contributed by atoms with Gasteiger partial charge in [-0.3, -0.25) is 0 Å². The fourth-order valence-corrected chi connectivity index (χ4v) is 2.74. The SMILES string of the molecule is CC1(C)Cc2c(C#N)c(Nc3ccccc3)nc(N=[N+]=[N-])c2CO1. The number of para-hydroxylation sites is 1. The van der Waals surface area contributed by atoms with Crippen molar-refractivity contribution in [2.45, 2.75) is 32.5 Å². The second kappa shape index (κ2) is 6.20. The maximum absolute atomic E-state index is 9.67. The molecule has 1 aromatic heterocycles. The Balaban J connectivity index is 2.17. The molecule has 7 nitrogen and oxygen atoms in total. The first-order chi connectivity index (χ1) is 11.5. The first-order valence-electron chi connectivity index (χ1n) is 7.51. The number of anilines is 2. The second-order valence-electron chi connectivity index (χ2n) is 6.13. The number of benzene rings is 1. The van der Waals surface area contributed by atoms with Crippen LogP contribution in [0.1, 0.15) is 30.5 Å². The summed E-state index contributed by atoms with van der Waals surface area (Å²) in [6.07, 6.45) is 0.547. The van der Waals surface area contributed by atoms with Crippen LogP contribution in [0.15, 0.2) is 35.4 Å². The first-order valence-corrected chi connectivity index (χ1v) is 7.51. The van der Waals surface area contributed by atoms with Gasteiger partial charge in [-0.15, -0.1) is 0 Å². The fraction of sp³-hybridized carbons (Fsp3) is 0.294. The minimum atomic E-state index is -0.391. The van der Waals surface area contributed by atoms with Gasteiger partial charge in [0.1, 0.15) is 17.7 Å². The fourth-order valence-electron chi connectivity index (χ4n) is 2.74. The Kier molecular flexibility index (Phi) is 4.09. The molecule has 0 aliphatic carbocycles. The van der Waals surface area contributed by atoms with Gasteiger partial charge in [-0.05, 0) is 42.2 Å². The zero-order chi connectivity index (χ0) is 17.2. The van der Waals surface area contributed by atoms with E-state index < -0.39 is 5.60 Å². The lowest BCUT2D eigenvalue weighted by Crippen LogP contribution is -2.32. The molecule has 0 unspecified atom stereocenters. The summed E-state index contributed by atoms with van der Waals surface area (Å²) in [7, 11) is 0. The lowest BCUT2D eigenvalue weighted by atomic mass is 9.89. The number of pyridine rings is 1. The molecule has 120 valence electrons. The van der Waals surface area contributed by atoms with E-state index in [1.54, 1.807) is 0 Å². The van der Waals surface area contributed by atoms with Crippen molar-refractivity contribution in [2.24, 2.45) is 5.11 Å². The van der Waals surface area contributed by atoms with E-state index >= 15 is 0 Å². The summed E-state index contributed by atoms with van der Waals surface area (Å²) >= 11 is 0. The normalized spacial score (nSPS) is 14.9. The minimum Gasteiger partial charge on any atom is -0.370 e. The molecule has 0 radical (unpaired) electrons. The molecule has 1 N–H and O–H groups in total. The number of ether oxygens (including phenoxy) is 1. The summed E-state index contributed by atoms with van der Waals surface area (Å²) in [6, 6.07) is 11.7. The summed E-state index contributed by atoms with van der Waals surface area (Å²) in [5.41, 5.74) is 11.2. The number of nitrogens with one attached hydrogen (secondary N) is 1. The second-order valence-corrected chi connectivity index (χ2v) is 6.13. The van der Waals surface area contributed by atoms with Crippen molar-refractivity contribution in [3.05, 3.63) is 57.5 Å². The van der Waals surface area contributed by atoms with Crippen molar-refractivity contribution in [2.75, 3.05) is 5.32 Å². The van der Waals surface area contributed by atoms with Gasteiger partial charge >= 0.3 is 0 Å². The molecule has 0 spiro atoms. The molecule has 0 atom stereocenters. The van der Waals surface area contributed by atoms with Crippen molar-refractivity contribution >= 4 is 17.3 Å². The van der Waals surface area contributed by atoms with Crippen LogP contribution in [0.3, 0.4) is 0 Å². The van der Waals surface area contributed by atoms with Crippen molar-refractivity contribution in [3.8, 4) is 6.07 Å². The molecule has 1 aromatic carbocycles. The number of nitrogens with zero attached hydrogens (tertiary/aromatic N) is 5. The quantitative estimate of drug-likeness (QED) is 0.510. The van der Waals surface area contributed by atoms with Gasteiger partial charge in [-0.2, -0.15) is 5.26 Å². The van der Waals surface area contributed by atoms with Gasteiger partial charge in [0.2, 0.25) is 0 Å². The van der Waals surface area contributed by atoms with E-state index in [2.05, 4.69) is 26.4 Å². The predicted octanol–water partition coefficient (Wildman–Crippen LogP) is 4.49. The third kappa shape index (κ3) is 3.01. The number of hydrogen-bond acceptors (Lipinski definition) is 5. The molecule has 2 heterocycles. The number of fused-ring (bicyclic) bond motifs is 1. The van der Waals surface area contributed by atoms with E-state index in [4.69, 9.17) is 10.3 Å². The molecule has 0 saturated carbocycles. The molecular formula is C17H16N6O. The Morgan fingerprint density at radius 2 is 2.08 bits per heavy atom. The van der Waals surface area contributed by atoms with Crippen LogP contribution in [0.25, 0.3) is 10.4 Å². The summed E-state index contributed by atoms with van der Waals surface area (Å²) in [5, 5.41) is 16.5. The van der Waals surface area contributed by atoms with Crippen molar-refractivity contribution < 1.29 is 4.74 Å². The smallest absolute Gasteiger partial charge is 0.149 e. The molecule has 24 heavy (non-hydrogen) atoms. The molecule has 7 heteroatoms. The lowest BCUT2D eigenvalue weighted by Gasteiger charge is -2.33. The number of aromatic nitrogens is 1.